The summed E-state index contributed by atoms with van der Waals surface area (Å²) < 4.78 is 23.9. The third-order valence-electron chi connectivity index (χ3n) is 7.05. The fourth-order valence-electron chi connectivity index (χ4n) is 4.95. The second kappa shape index (κ2) is 12.3. The molecule has 0 radical (unpaired) electrons. The molecule has 7 nitrogen and oxygen atoms in total. The largest absolute Gasteiger partial charge is 0.493 e. The zero-order chi connectivity index (χ0) is 31.0. The summed E-state index contributed by atoms with van der Waals surface area (Å²) in [6, 6.07) is 25.2. The summed E-state index contributed by atoms with van der Waals surface area (Å²) in [7, 11) is 1.53. The Balaban J connectivity index is 1.29. The molecule has 4 aromatic carbocycles. The Labute approximate surface area is 271 Å². The predicted octanol–water partition coefficient (Wildman–Crippen LogP) is 8.89. The van der Waals surface area contributed by atoms with Crippen LogP contribution >= 0.6 is 46.1 Å². The van der Waals surface area contributed by atoms with Gasteiger partial charge in [-0.1, -0.05) is 71.2 Å². The predicted molar refractivity (Wildman–Crippen MR) is 171 cm³/mol. The number of carbonyl (C=O) groups is 1. The number of rotatable bonds is 7. The molecule has 11 heteroatoms. The van der Waals surface area contributed by atoms with Gasteiger partial charge < -0.3 is 24.7 Å². The van der Waals surface area contributed by atoms with Gasteiger partial charge >= 0.3 is 5.97 Å². The number of methoxy groups -OCH3 is 1. The van der Waals surface area contributed by atoms with E-state index in [1.807, 2.05) is 30.3 Å². The number of thiophene rings is 1. The average molecular weight is 664 g/mol. The number of hydrogen-bond donors (Lipinski definition) is 1. The number of nitrogens with two attached hydrogens (primary N) is 1. The fourth-order valence-corrected chi connectivity index (χ4v) is 6.96. The Morgan fingerprint density at radius 2 is 1.80 bits per heavy atom. The van der Waals surface area contributed by atoms with E-state index in [1.54, 1.807) is 48.5 Å². The molecular formula is C33H21Cl3N2O5S. The van der Waals surface area contributed by atoms with Crippen molar-refractivity contribution in [3.8, 4) is 29.1 Å². The number of esters is 1. The van der Waals surface area contributed by atoms with Gasteiger partial charge in [-0.15, -0.1) is 11.3 Å². The van der Waals surface area contributed by atoms with Crippen LogP contribution in [0.5, 0.6) is 23.0 Å². The molecule has 0 spiro atoms. The summed E-state index contributed by atoms with van der Waals surface area (Å²) in [5, 5.41) is 11.9. The maximum absolute atomic E-state index is 13.1. The highest BCUT2D eigenvalue weighted by atomic mass is 35.5. The second-order valence-electron chi connectivity index (χ2n) is 9.66. The first-order valence-electron chi connectivity index (χ1n) is 13.1. The van der Waals surface area contributed by atoms with Crippen LogP contribution in [0.2, 0.25) is 15.1 Å². The number of ether oxygens (including phenoxy) is 4. The van der Waals surface area contributed by atoms with Crippen LogP contribution in [-0.2, 0) is 6.61 Å². The highest BCUT2D eigenvalue weighted by Gasteiger charge is 2.32. The topological polar surface area (TPSA) is 104 Å². The molecule has 1 aliphatic rings. The number of carbonyl (C=O) groups excluding carboxylic acids is 1. The van der Waals surface area contributed by atoms with Crippen molar-refractivity contribution in [2.75, 3.05) is 7.11 Å². The van der Waals surface area contributed by atoms with E-state index in [4.69, 9.17) is 59.5 Å². The molecule has 6 rings (SSSR count). The molecule has 2 heterocycles. The molecule has 220 valence electrons. The lowest BCUT2D eigenvalue weighted by Gasteiger charge is -2.27. The Bertz CT molecular complexity index is 2020. The van der Waals surface area contributed by atoms with Crippen molar-refractivity contribution in [2.45, 2.75) is 12.5 Å². The number of fused-ring (bicyclic) bond motifs is 2. The minimum absolute atomic E-state index is 0.0614. The zero-order valence-corrected chi connectivity index (χ0v) is 26.0. The highest BCUT2D eigenvalue weighted by Crippen LogP contribution is 2.46. The van der Waals surface area contributed by atoms with Crippen molar-refractivity contribution in [1.82, 2.24) is 0 Å². The Morgan fingerprint density at radius 3 is 2.55 bits per heavy atom. The lowest BCUT2D eigenvalue weighted by Crippen LogP contribution is -2.21. The van der Waals surface area contributed by atoms with E-state index in [1.165, 1.54) is 18.4 Å². The van der Waals surface area contributed by atoms with Crippen LogP contribution in [0.1, 0.15) is 32.3 Å². The molecule has 0 bridgehead atoms. The van der Waals surface area contributed by atoms with Gasteiger partial charge in [0.2, 0.25) is 5.88 Å². The van der Waals surface area contributed by atoms with Crippen molar-refractivity contribution in [1.29, 1.82) is 5.26 Å². The third kappa shape index (κ3) is 5.51. The summed E-state index contributed by atoms with van der Waals surface area (Å²) in [5.74, 6) is 0.221. The van der Waals surface area contributed by atoms with Crippen molar-refractivity contribution in [3.05, 3.63) is 127 Å². The van der Waals surface area contributed by atoms with Gasteiger partial charge in [-0.2, -0.15) is 5.26 Å². The lowest BCUT2D eigenvalue weighted by molar-refractivity contribution is 0.0740. The number of allylic oxidation sites excluding steroid dienone is 1. The van der Waals surface area contributed by atoms with Gasteiger partial charge in [0.1, 0.15) is 34.6 Å². The van der Waals surface area contributed by atoms with E-state index < -0.39 is 11.9 Å². The molecule has 1 aromatic heterocycles. The van der Waals surface area contributed by atoms with Gasteiger partial charge in [0.15, 0.2) is 11.5 Å². The molecule has 1 unspecified atom stereocenters. The van der Waals surface area contributed by atoms with E-state index >= 15 is 0 Å². The smallest absolute Gasteiger partial charge is 0.355 e. The summed E-state index contributed by atoms with van der Waals surface area (Å²) in [6.07, 6.45) is 0. The van der Waals surface area contributed by atoms with Crippen LogP contribution in [0.15, 0.2) is 90.3 Å². The van der Waals surface area contributed by atoms with Crippen LogP contribution in [0.3, 0.4) is 0 Å². The third-order valence-corrected chi connectivity index (χ3v) is 9.36. The molecule has 0 fully saturated rings. The van der Waals surface area contributed by atoms with E-state index in [0.29, 0.717) is 38.2 Å². The Hall–Kier alpha value is -4.39. The molecule has 0 saturated carbocycles. The molecule has 5 aromatic rings. The van der Waals surface area contributed by atoms with Gasteiger partial charge in [0.05, 0.1) is 23.1 Å². The molecular weight excluding hydrogens is 643 g/mol. The van der Waals surface area contributed by atoms with Gasteiger partial charge in [-0.25, -0.2) is 4.79 Å². The monoisotopic (exact) mass is 662 g/mol. The minimum atomic E-state index is -0.641. The maximum atomic E-state index is 13.1. The molecule has 1 atom stereocenters. The van der Waals surface area contributed by atoms with E-state index in [9.17, 15) is 10.1 Å². The summed E-state index contributed by atoms with van der Waals surface area (Å²) in [6.45, 7) is 0.243. The SMILES string of the molecule is COc1cc(C2C(C#N)=C(N)Oc3cc(OC(=O)c4sc5cccc(Cl)c5c4Cl)ccc32)ccc1OCc1ccccc1Cl. The molecule has 0 aliphatic carbocycles. The quantitative estimate of drug-likeness (QED) is 0.137. The van der Waals surface area contributed by atoms with Crippen molar-refractivity contribution >= 4 is 62.2 Å². The summed E-state index contributed by atoms with van der Waals surface area (Å²) >= 11 is 20.2. The van der Waals surface area contributed by atoms with Crippen molar-refractivity contribution in [3.63, 3.8) is 0 Å². The molecule has 0 amide bonds. The lowest BCUT2D eigenvalue weighted by atomic mass is 9.83. The first-order chi connectivity index (χ1) is 21.3. The number of nitriles is 1. The zero-order valence-electron chi connectivity index (χ0n) is 22.9. The van der Waals surface area contributed by atoms with Crippen LogP contribution in [-0.4, -0.2) is 13.1 Å². The molecule has 1 aliphatic heterocycles. The molecule has 2 N–H and O–H groups in total. The van der Waals surface area contributed by atoms with Crippen LogP contribution < -0.4 is 24.7 Å². The average Bonchev–Trinajstić information content (AvgIpc) is 3.37. The number of nitrogens with zero attached hydrogens (tertiary/aromatic N) is 1. The minimum Gasteiger partial charge on any atom is -0.493 e. The van der Waals surface area contributed by atoms with Gasteiger partial charge in [0, 0.05) is 32.3 Å². The maximum Gasteiger partial charge on any atom is 0.355 e. The number of halogens is 3. The fraction of sp³-hybridized carbons (Fsp3) is 0.0909. The first-order valence-corrected chi connectivity index (χ1v) is 15.1. The van der Waals surface area contributed by atoms with E-state index in [2.05, 4.69) is 6.07 Å². The van der Waals surface area contributed by atoms with Crippen LogP contribution in [0, 0.1) is 11.3 Å². The number of benzene rings is 4. The van der Waals surface area contributed by atoms with E-state index in [-0.39, 0.29) is 33.7 Å². The first kappa shape index (κ1) is 29.7. The summed E-state index contributed by atoms with van der Waals surface area (Å²) in [4.78, 5) is 13.3. The Kier molecular flexibility index (Phi) is 8.30. The molecule has 44 heavy (non-hydrogen) atoms. The Morgan fingerprint density at radius 1 is 1.00 bits per heavy atom. The van der Waals surface area contributed by atoms with Gasteiger partial charge in [-0.3, -0.25) is 0 Å². The second-order valence-corrected chi connectivity index (χ2v) is 11.9. The number of hydrogen-bond acceptors (Lipinski definition) is 8. The van der Waals surface area contributed by atoms with E-state index in [0.717, 1.165) is 15.8 Å². The van der Waals surface area contributed by atoms with Crippen molar-refractivity contribution < 1.29 is 23.7 Å². The highest BCUT2D eigenvalue weighted by molar-refractivity contribution is 7.21. The van der Waals surface area contributed by atoms with Crippen LogP contribution in [0.25, 0.3) is 10.1 Å². The van der Waals surface area contributed by atoms with Crippen molar-refractivity contribution in [2.24, 2.45) is 5.73 Å². The van der Waals surface area contributed by atoms with Gasteiger partial charge in [0.25, 0.3) is 0 Å². The van der Waals surface area contributed by atoms with Gasteiger partial charge in [-0.05, 0) is 42.0 Å². The van der Waals surface area contributed by atoms with Crippen LogP contribution in [0.4, 0.5) is 0 Å². The summed E-state index contributed by atoms with van der Waals surface area (Å²) in [5.41, 5.74) is 8.63. The normalized spacial score (nSPS) is 14.0. The standard InChI is InChI=1S/C33H21Cl3N2O5S/c1-40-26-13-17(9-12-24(26)41-16-18-5-2-3-6-22(18)34)28-20-11-10-19(14-25(20)43-32(38)21(28)15-37)42-33(39)31-30(36)29-23(35)7-4-8-27(29)44-31/h2-14,28H,16,38H2,1H3. The molecule has 0 saturated heterocycles.